The van der Waals surface area contributed by atoms with E-state index in [2.05, 4.69) is 0 Å². The van der Waals surface area contributed by atoms with Crippen LogP contribution in [0.15, 0.2) is 54.6 Å². The molecule has 1 aliphatic heterocycles. The highest BCUT2D eigenvalue weighted by Crippen LogP contribution is 2.40. The molecule has 1 fully saturated rings. The Hall–Kier alpha value is -2.53. The molecule has 3 rings (SSSR count). The Morgan fingerprint density at radius 2 is 1.80 bits per heavy atom. The maximum absolute atomic E-state index is 12.6. The number of esters is 1. The van der Waals surface area contributed by atoms with E-state index in [0.29, 0.717) is 0 Å². The molecular weight excluding hydrogens is 318 g/mol. The number of anilines is 1. The number of benzene rings is 2. The second-order valence-corrected chi connectivity index (χ2v) is 6.27. The maximum Gasteiger partial charge on any atom is 0.314 e. The van der Waals surface area contributed by atoms with Crippen molar-refractivity contribution in [1.82, 2.24) is 0 Å². The summed E-state index contributed by atoms with van der Waals surface area (Å²) in [4.78, 5) is 18.5. The summed E-state index contributed by atoms with van der Waals surface area (Å²) in [7, 11) is 1.63. The first kappa shape index (κ1) is 17.3. The van der Waals surface area contributed by atoms with Crippen LogP contribution in [0.1, 0.15) is 25.5 Å². The zero-order valence-electron chi connectivity index (χ0n) is 14.7. The molecule has 0 radical (unpaired) electrons. The van der Waals surface area contributed by atoms with Gasteiger partial charge in [0.1, 0.15) is 11.7 Å². The molecule has 1 saturated heterocycles. The van der Waals surface area contributed by atoms with Gasteiger partial charge in [0.2, 0.25) is 0 Å². The molecule has 1 aliphatic rings. The van der Waals surface area contributed by atoms with Crippen LogP contribution in [0.3, 0.4) is 0 Å². The molecule has 2 aromatic carbocycles. The van der Waals surface area contributed by atoms with Gasteiger partial charge in [0.15, 0.2) is 0 Å². The summed E-state index contributed by atoms with van der Waals surface area (Å²) >= 11 is 0. The van der Waals surface area contributed by atoms with Crippen LogP contribution >= 0.6 is 0 Å². The summed E-state index contributed by atoms with van der Waals surface area (Å²) in [5, 5.41) is 1.80. The van der Waals surface area contributed by atoms with Crippen molar-refractivity contribution in [3.05, 3.63) is 60.2 Å². The van der Waals surface area contributed by atoms with Crippen molar-refractivity contribution in [2.45, 2.75) is 26.0 Å². The van der Waals surface area contributed by atoms with Crippen molar-refractivity contribution >= 4 is 11.7 Å². The molecule has 0 aromatic heterocycles. The monoisotopic (exact) mass is 341 g/mol. The van der Waals surface area contributed by atoms with Gasteiger partial charge in [-0.25, -0.2) is 5.06 Å². The van der Waals surface area contributed by atoms with Crippen molar-refractivity contribution < 1.29 is 19.1 Å². The van der Waals surface area contributed by atoms with Gasteiger partial charge >= 0.3 is 5.97 Å². The fourth-order valence-corrected chi connectivity index (χ4v) is 2.99. The van der Waals surface area contributed by atoms with Gasteiger partial charge in [0.05, 0.1) is 31.5 Å². The third-order valence-electron chi connectivity index (χ3n) is 4.15. The molecule has 25 heavy (non-hydrogen) atoms. The van der Waals surface area contributed by atoms with E-state index in [1.807, 2.05) is 68.4 Å². The van der Waals surface area contributed by atoms with E-state index in [1.54, 1.807) is 12.2 Å². The summed E-state index contributed by atoms with van der Waals surface area (Å²) < 4.78 is 10.7. The van der Waals surface area contributed by atoms with E-state index in [1.165, 1.54) is 0 Å². The van der Waals surface area contributed by atoms with Crippen LogP contribution in [0.2, 0.25) is 0 Å². The lowest BCUT2D eigenvalue weighted by Gasteiger charge is -2.27. The number of hydrogen-bond donors (Lipinski definition) is 0. The first-order valence-corrected chi connectivity index (χ1v) is 8.42. The van der Waals surface area contributed by atoms with Crippen LogP contribution in [-0.4, -0.2) is 25.8 Å². The van der Waals surface area contributed by atoms with Gasteiger partial charge in [0.25, 0.3) is 0 Å². The third kappa shape index (κ3) is 3.77. The van der Waals surface area contributed by atoms with Crippen molar-refractivity contribution in [3.63, 3.8) is 0 Å². The maximum atomic E-state index is 12.6. The average molecular weight is 341 g/mol. The molecule has 0 saturated carbocycles. The van der Waals surface area contributed by atoms with Gasteiger partial charge in [-0.3, -0.25) is 9.63 Å². The Bertz CT molecular complexity index is 699. The molecule has 5 nitrogen and oxygen atoms in total. The SMILES string of the molecule is COc1ccc([C@H]2[C@H](C(=O)OC(C)C)CON2c2ccccc2)cc1. The molecule has 0 amide bonds. The summed E-state index contributed by atoms with van der Waals surface area (Å²) in [5.41, 5.74) is 1.89. The molecule has 132 valence electrons. The molecule has 1 heterocycles. The molecule has 0 bridgehead atoms. The van der Waals surface area contributed by atoms with Gasteiger partial charge in [-0.2, -0.15) is 0 Å². The molecule has 0 N–H and O–H groups in total. The molecule has 5 heteroatoms. The highest BCUT2D eigenvalue weighted by molar-refractivity contribution is 5.75. The lowest BCUT2D eigenvalue weighted by Crippen LogP contribution is -2.30. The van der Waals surface area contributed by atoms with Crippen molar-refractivity contribution in [3.8, 4) is 5.75 Å². The van der Waals surface area contributed by atoms with Gasteiger partial charge in [0, 0.05) is 0 Å². The largest absolute Gasteiger partial charge is 0.497 e. The zero-order chi connectivity index (χ0) is 17.8. The summed E-state index contributed by atoms with van der Waals surface area (Å²) in [5.74, 6) is 0.139. The van der Waals surface area contributed by atoms with Gasteiger partial charge < -0.3 is 9.47 Å². The molecule has 2 atom stereocenters. The standard InChI is InChI=1S/C20H23NO4/c1-14(2)25-20(22)18-13-24-21(16-7-5-4-6-8-16)19(18)15-9-11-17(23-3)12-10-15/h4-12,14,18-19H,13H2,1-3H3/t18-,19+/m1/s1. The number of para-hydroxylation sites is 1. The molecule has 0 aliphatic carbocycles. The minimum absolute atomic E-state index is 0.158. The third-order valence-corrected chi connectivity index (χ3v) is 4.15. The number of rotatable bonds is 5. The fourth-order valence-electron chi connectivity index (χ4n) is 2.99. The van der Waals surface area contributed by atoms with Crippen LogP contribution in [0.25, 0.3) is 0 Å². The van der Waals surface area contributed by atoms with Gasteiger partial charge in [-0.15, -0.1) is 0 Å². The van der Waals surface area contributed by atoms with Crippen molar-refractivity contribution in [1.29, 1.82) is 0 Å². The van der Waals surface area contributed by atoms with Crippen molar-refractivity contribution in [2.75, 3.05) is 18.8 Å². The predicted octanol–water partition coefficient (Wildman–Crippen LogP) is 3.76. The van der Waals surface area contributed by atoms with E-state index >= 15 is 0 Å². The number of ether oxygens (including phenoxy) is 2. The number of methoxy groups -OCH3 is 1. The van der Waals surface area contributed by atoms with Gasteiger partial charge in [-0.05, 0) is 43.7 Å². The number of hydroxylamine groups is 1. The molecular formula is C20H23NO4. The smallest absolute Gasteiger partial charge is 0.314 e. The number of carbonyl (C=O) groups is 1. The van der Waals surface area contributed by atoms with E-state index in [9.17, 15) is 4.79 Å². The second-order valence-electron chi connectivity index (χ2n) is 6.27. The molecule has 0 unspecified atom stereocenters. The lowest BCUT2D eigenvalue weighted by molar-refractivity contribution is -0.152. The van der Waals surface area contributed by atoms with E-state index in [4.69, 9.17) is 14.3 Å². The molecule has 0 spiro atoms. The van der Waals surface area contributed by atoms with Crippen LogP contribution in [-0.2, 0) is 14.4 Å². The molecule has 2 aromatic rings. The first-order valence-electron chi connectivity index (χ1n) is 8.42. The van der Waals surface area contributed by atoms with Crippen LogP contribution in [0, 0.1) is 5.92 Å². The normalized spacial score (nSPS) is 19.9. The summed E-state index contributed by atoms with van der Waals surface area (Å²) in [6, 6.07) is 17.2. The Morgan fingerprint density at radius 1 is 1.12 bits per heavy atom. The van der Waals surface area contributed by atoms with E-state index in [-0.39, 0.29) is 24.7 Å². The Balaban J connectivity index is 1.94. The second kappa shape index (κ2) is 7.57. The number of hydrogen-bond acceptors (Lipinski definition) is 5. The first-order chi connectivity index (χ1) is 12.1. The fraction of sp³-hybridized carbons (Fsp3) is 0.350. The topological polar surface area (TPSA) is 48.0 Å². The van der Waals surface area contributed by atoms with Crippen LogP contribution in [0.4, 0.5) is 5.69 Å². The Kier molecular flexibility index (Phi) is 5.24. The van der Waals surface area contributed by atoms with E-state index < -0.39 is 5.92 Å². The summed E-state index contributed by atoms with van der Waals surface area (Å²) in [6.45, 7) is 3.99. The average Bonchev–Trinajstić information content (AvgIpc) is 3.07. The summed E-state index contributed by atoms with van der Waals surface area (Å²) in [6.07, 6.45) is -0.158. The minimum Gasteiger partial charge on any atom is -0.497 e. The van der Waals surface area contributed by atoms with Crippen molar-refractivity contribution in [2.24, 2.45) is 5.92 Å². The van der Waals surface area contributed by atoms with E-state index in [0.717, 1.165) is 17.0 Å². The van der Waals surface area contributed by atoms with Crippen LogP contribution < -0.4 is 9.80 Å². The lowest BCUT2D eigenvalue weighted by atomic mass is 9.93. The highest BCUT2D eigenvalue weighted by atomic mass is 16.7. The Morgan fingerprint density at radius 3 is 2.40 bits per heavy atom. The van der Waals surface area contributed by atoms with Gasteiger partial charge in [-0.1, -0.05) is 30.3 Å². The Labute approximate surface area is 148 Å². The predicted molar refractivity (Wildman–Crippen MR) is 95.3 cm³/mol. The van der Waals surface area contributed by atoms with Crippen LogP contribution in [0.5, 0.6) is 5.75 Å². The number of nitrogens with zero attached hydrogens (tertiary/aromatic N) is 1. The quantitative estimate of drug-likeness (QED) is 0.775. The zero-order valence-corrected chi connectivity index (χ0v) is 14.7. The number of carbonyl (C=O) groups excluding carboxylic acids is 1. The minimum atomic E-state index is -0.393. The highest BCUT2D eigenvalue weighted by Gasteiger charge is 2.42.